The smallest absolute Gasteiger partial charge is 0.320 e. The summed E-state index contributed by atoms with van der Waals surface area (Å²) in [5.41, 5.74) is 5.06. The van der Waals surface area contributed by atoms with Crippen LogP contribution in [0.1, 0.15) is 5.56 Å². The summed E-state index contributed by atoms with van der Waals surface area (Å²) in [6.45, 7) is -1.78. The second kappa shape index (κ2) is 5.64. The summed E-state index contributed by atoms with van der Waals surface area (Å²) in [7, 11) is -4.53. The molecule has 0 atom stereocenters. The number of benzene rings is 1. The van der Waals surface area contributed by atoms with E-state index >= 15 is 0 Å². The largest absolute Gasteiger partial charge is 0.399 e. The van der Waals surface area contributed by atoms with E-state index in [4.69, 9.17) is 11.0 Å². The fourth-order valence-corrected chi connectivity index (χ4v) is 2.39. The second-order valence-electron chi connectivity index (χ2n) is 3.75. The minimum atomic E-state index is -4.53. The number of hydrogen-bond donors (Lipinski definition) is 2. The van der Waals surface area contributed by atoms with Gasteiger partial charge in [-0.3, -0.25) is 0 Å². The van der Waals surface area contributed by atoms with Gasteiger partial charge in [0.05, 0.1) is 17.0 Å². The Bertz CT molecular complexity index is 640. The molecule has 0 amide bonds. The van der Waals surface area contributed by atoms with Gasteiger partial charge in [-0.05, 0) is 18.2 Å². The van der Waals surface area contributed by atoms with E-state index < -0.39 is 33.8 Å². The molecule has 0 fully saturated rings. The van der Waals surface area contributed by atoms with Crippen molar-refractivity contribution in [3.63, 3.8) is 0 Å². The average molecular weight is 311 g/mol. The molecule has 110 valence electrons. The van der Waals surface area contributed by atoms with E-state index in [-0.39, 0.29) is 11.3 Å². The van der Waals surface area contributed by atoms with Gasteiger partial charge >= 0.3 is 12.3 Å². The number of nitrogen functional groups attached to an aromatic ring is 1. The van der Waals surface area contributed by atoms with Gasteiger partial charge in [-0.1, -0.05) is 0 Å². The van der Waals surface area contributed by atoms with Crippen molar-refractivity contribution in [1.29, 1.82) is 5.26 Å². The zero-order chi connectivity index (χ0) is 15.6. The van der Waals surface area contributed by atoms with Crippen molar-refractivity contribution in [1.82, 2.24) is 4.72 Å². The zero-order valence-corrected chi connectivity index (χ0v) is 10.6. The normalized spacial score (nSPS) is 12.4. The molecule has 0 saturated carbocycles. The van der Waals surface area contributed by atoms with Crippen LogP contribution in [0.2, 0.25) is 0 Å². The van der Waals surface area contributed by atoms with Crippen molar-refractivity contribution < 1.29 is 26.0 Å². The van der Waals surface area contributed by atoms with Gasteiger partial charge in [-0.25, -0.2) is 21.9 Å². The number of hydrogen-bond acceptors (Lipinski definition) is 4. The lowest BCUT2D eigenvalue weighted by Gasteiger charge is -2.16. The van der Waals surface area contributed by atoms with Gasteiger partial charge in [-0.2, -0.15) is 14.0 Å². The van der Waals surface area contributed by atoms with Gasteiger partial charge in [0.2, 0.25) is 10.0 Å². The molecule has 0 bridgehead atoms. The van der Waals surface area contributed by atoms with Gasteiger partial charge in [-0.15, -0.1) is 0 Å². The van der Waals surface area contributed by atoms with Gasteiger partial charge in [0.25, 0.3) is 0 Å². The van der Waals surface area contributed by atoms with E-state index in [9.17, 15) is 26.0 Å². The number of rotatable bonds is 5. The predicted octanol–water partition coefficient (Wildman–Crippen LogP) is 1.32. The lowest BCUT2D eigenvalue weighted by atomic mass is 10.2. The standard InChI is InChI=1S/C10H9F4N3O2S/c11-9(12)10(13,14)5-17-20(18,19)8-2-1-7(16)3-6(8)4-15/h1-3,9,17H,5,16H2. The Labute approximate surface area is 112 Å². The third-order valence-electron chi connectivity index (χ3n) is 2.23. The topological polar surface area (TPSA) is 96.0 Å². The van der Waals surface area contributed by atoms with Crippen LogP contribution in [0.3, 0.4) is 0 Å². The molecule has 0 spiro atoms. The van der Waals surface area contributed by atoms with E-state index in [1.165, 1.54) is 10.8 Å². The van der Waals surface area contributed by atoms with Crippen LogP contribution in [0.4, 0.5) is 23.2 Å². The molecule has 0 saturated heterocycles. The van der Waals surface area contributed by atoms with Crippen LogP contribution in [0.15, 0.2) is 23.1 Å². The summed E-state index contributed by atoms with van der Waals surface area (Å²) in [5.74, 6) is -4.51. The van der Waals surface area contributed by atoms with E-state index in [0.717, 1.165) is 18.2 Å². The quantitative estimate of drug-likeness (QED) is 0.633. The molecule has 0 aliphatic carbocycles. The number of nitriles is 1. The number of nitrogens with zero attached hydrogens (tertiary/aromatic N) is 1. The first-order valence-corrected chi connectivity index (χ1v) is 6.54. The predicted molar refractivity (Wildman–Crippen MR) is 61.7 cm³/mol. The van der Waals surface area contributed by atoms with Crippen LogP contribution in [-0.2, 0) is 10.0 Å². The van der Waals surface area contributed by atoms with E-state index in [1.54, 1.807) is 0 Å². The Morgan fingerprint density at radius 2 is 2.00 bits per heavy atom. The summed E-state index contributed by atoms with van der Waals surface area (Å²) in [4.78, 5) is -0.612. The first-order chi connectivity index (χ1) is 9.10. The Morgan fingerprint density at radius 3 is 2.50 bits per heavy atom. The van der Waals surface area contributed by atoms with Crippen molar-refractivity contribution in [3.8, 4) is 6.07 Å². The third kappa shape index (κ3) is 3.58. The molecule has 0 unspecified atom stereocenters. The Kier molecular flexibility index (Phi) is 4.57. The van der Waals surface area contributed by atoms with Crippen LogP contribution in [0.5, 0.6) is 0 Å². The maximum atomic E-state index is 12.7. The number of alkyl halides is 4. The lowest BCUT2D eigenvalue weighted by molar-refractivity contribution is -0.122. The molecule has 1 aromatic rings. The highest BCUT2D eigenvalue weighted by Crippen LogP contribution is 2.23. The summed E-state index contributed by atoms with van der Waals surface area (Å²) in [5, 5.41) is 8.76. The molecule has 0 aromatic heterocycles. The Hall–Kier alpha value is -1.86. The summed E-state index contributed by atoms with van der Waals surface area (Å²) < 4.78 is 74.0. The molecule has 1 aromatic carbocycles. The first-order valence-electron chi connectivity index (χ1n) is 5.05. The van der Waals surface area contributed by atoms with E-state index in [0.29, 0.717) is 0 Å². The second-order valence-corrected chi connectivity index (χ2v) is 5.49. The first kappa shape index (κ1) is 16.2. The van der Waals surface area contributed by atoms with Crippen LogP contribution in [0.25, 0.3) is 0 Å². The van der Waals surface area contributed by atoms with Gasteiger partial charge in [0.1, 0.15) is 6.07 Å². The monoisotopic (exact) mass is 311 g/mol. The molecule has 0 heterocycles. The van der Waals surface area contributed by atoms with E-state index in [1.807, 2.05) is 0 Å². The van der Waals surface area contributed by atoms with Crippen molar-refractivity contribution in [2.24, 2.45) is 0 Å². The van der Waals surface area contributed by atoms with Crippen LogP contribution < -0.4 is 10.5 Å². The maximum absolute atomic E-state index is 12.7. The van der Waals surface area contributed by atoms with Crippen molar-refractivity contribution in [2.75, 3.05) is 12.3 Å². The SMILES string of the molecule is N#Cc1cc(N)ccc1S(=O)(=O)NCC(F)(F)C(F)F. The molecule has 0 aliphatic heterocycles. The number of sulfonamides is 1. The molecule has 5 nitrogen and oxygen atoms in total. The zero-order valence-electron chi connectivity index (χ0n) is 9.78. The molecule has 10 heteroatoms. The average Bonchev–Trinajstić information content (AvgIpc) is 2.36. The number of anilines is 1. The Morgan fingerprint density at radius 1 is 1.40 bits per heavy atom. The Balaban J connectivity index is 3.05. The number of nitrogens with two attached hydrogens (primary N) is 1. The van der Waals surface area contributed by atoms with Crippen molar-refractivity contribution >= 4 is 15.7 Å². The molecule has 0 radical (unpaired) electrons. The minimum Gasteiger partial charge on any atom is -0.399 e. The number of nitrogens with one attached hydrogen (secondary N) is 1. The highest BCUT2D eigenvalue weighted by molar-refractivity contribution is 7.89. The molecular formula is C10H9F4N3O2S. The minimum absolute atomic E-state index is 0.0958. The summed E-state index contributed by atoms with van der Waals surface area (Å²) >= 11 is 0. The van der Waals surface area contributed by atoms with E-state index in [2.05, 4.69) is 0 Å². The third-order valence-corrected chi connectivity index (χ3v) is 3.69. The molecule has 20 heavy (non-hydrogen) atoms. The highest BCUT2D eigenvalue weighted by atomic mass is 32.2. The lowest BCUT2D eigenvalue weighted by Crippen LogP contribution is -2.41. The van der Waals surface area contributed by atoms with Crippen LogP contribution in [0, 0.1) is 11.3 Å². The fraction of sp³-hybridized carbons (Fsp3) is 0.300. The van der Waals surface area contributed by atoms with Gasteiger partial charge in [0, 0.05) is 5.69 Å². The van der Waals surface area contributed by atoms with Gasteiger partial charge < -0.3 is 5.73 Å². The highest BCUT2D eigenvalue weighted by Gasteiger charge is 2.41. The molecular weight excluding hydrogens is 302 g/mol. The van der Waals surface area contributed by atoms with Crippen LogP contribution in [-0.4, -0.2) is 27.3 Å². The van der Waals surface area contributed by atoms with Crippen molar-refractivity contribution in [2.45, 2.75) is 17.2 Å². The summed E-state index contributed by atoms with van der Waals surface area (Å²) in [6, 6.07) is 4.62. The molecule has 1 rings (SSSR count). The van der Waals surface area contributed by atoms with Gasteiger partial charge in [0.15, 0.2) is 0 Å². The maximum Gasteiger partial charge on any atom is 0.320 e. The molecule has 3 N–H and O–H groups in total. The van der Waals surface area contributed by atoms with Crippen LogP contribution >= 0.6 is 0 Å². The number of halogens is 4. The fourth-order valence-electron chi connectivity index (χ4n) is 1.22. The van der Waals surface area contributed by atoms with Crippen molar-refractivity contribution in [3.05, 3.63) is 23.8 Å². The molecule has 0 aliphatic rings. The summed E-state index contributed by atoms with van der Waals surface area (Å²) in [6.07, 6.45) is -4.01.